The molecule has 9 N–H and O–H groups in total. The van der Waals surface area contributed by atoms with E-state index in [0.29, 0.717) is 10.8 Å². The van der Waals surface area contributed by atoms with E-state index in [2.05, 4.69) is 92.0 Å². The maximum absolute atomic E-state index is 12.6. The quantitative estimate of drug-likeness (QED) is 0.0383. The van der Waals surface area contributed by atoms with Crippen LogP contribution in [0.3, 0.4) is 0 Å². The predicted octanol–water partition coefficient (Wildman–Crippen LogP) is 10.9. The molecule has 8 fully saturated rings. The molecular weight excluding hydrogens is 1130 g/mol. The van der Waals surface area contributed by atoms with Gasteiger partial charge in [0.1, 0.15) is 54.9 Å². The number of allylic oxidation sites excluding steroid dienone is 2. The van der Waals surface area contributed by atoms with Crippen LogP contribution >= 0.6 is 0 Å². The van der Waals surface area contributed by atoms with Crippen molar-refractivity contribution in [1.82, 2.24) is 10.6 Å². The Kier molecular flexibility index (Phi) is 24.0. The van der Waals surface area contributed by atoms with E-state index >= 15 is 0 Å². The van der Waals surface area contributed by atoms with Gasteiger partial charge < -0.3 is 74.8 Å². The van der Waals surface area contributed by atoms with Crippen molar-refractivity contribution in [3.63, 3.8) is 0 Å². The van der Waals surface area contributed by atoms with Gasteiger partial charge in [-0.25, -0.2) is 9.59 Å². The number of aliphatic hydroxyl groups excluding tert-OH is 7. The molecule has 8 aliphatic carbocycles. The Morgan fingerprint density at radius 3 is 1.39 bits per heavy atom. The fourth-order valence-electron chi connectivity index (χ4n) is 20.9. The summed E-state index contributed by atoms with van der Waals surface area (Å²) in [5.74, 6) is 9.67. The summed E-state index contributed by atoms with van der Waals surface area (Å²) < 4.78 is 33.5. The first-order chi connectivity index (χ1) is 42.2. The molecule has 17 nitrogen and oxygen atoms in total. The van der Waals surface area contributed by atoms with Crippen molar-refractivity contribution in [2.24, 2.45) is 92.7 Å². The second kappa shape index (κ2) is 30.1. The number of aliphatic hydroxyl groups is 7. The summed E-state index contributed by atoms with van der Waals surface area (Å²) in [4.78, 5) is 25.3. The van der Waals surface area contributed by atoms with Crippen molar-refractivity contribution in [2.75, 3.05) is 32.9 Å². The number of amides is 2. The molecular formula is C72H122N2O15. The maximum atomic E-state index is 12.6. The van der Waals surface area contributed by atoms with Gasteiger partial charge in [-0.05, 0) is 189 Å². The summed E-state index contributed by atoms with van der Waals surface area (Å²) in [6.07, 6.45) is 18.6. The zero-order valence-corrected chi connectivity index (χ0v) is 56.5. The van der Waals surface area contributed by atoms with Crippen LogP contribution in [-0.2, 0) is 28.4 Å². The Bertz CT molecular complexity index is 2370. The van der Waals surface area contributed by atoms with Crippen LogP contribution in [0, 0.1) is 92.7 Å². The summed E-state index contributed by atoms with van der Waals surface area (Å²) in [5.41, 5.74) is 4.36. The summed E-state index contributed by atoms with van der Waals surface area (Å²) in [6, 6.07) is 0. The zero-order valence-electron chi connectivity index (χ0n) is 56.5. The lowest BCUT2D eigenvalue weighted by molar-refractivity contribution is -0.300. The van der Waals surface area contributed by atoms with Gasteiger partial charge in [-0.15, -0.1) is 0 Å². The lowest BCUT2D eigenvalue weighted by Gasteiger charge is -2.58. The Morgan fingerprint density at radius 1 is 0.539 bits per heavy atom. The summed E-state index contributed by atoms with van der Waals surface area (Å²) in [5, 5.41) is 74.6. The van der Waals surface area contributed by atoms with E-state index in [1.54, 1.807) is 6.92 Å². The normalized spacial score (nSPS) is 43.9. The Labute approximate surface area is 534 Å². The number of ether oxygens (including phenoxy) is 6. The number of nitrogens with one attached hydrogen (secondary N) is 2. The van der Waals surface area contributed by atoms with Crippen LogP contribution in [0.15, 0.2) is 23.3 Å². The molecule has 6 saturated carbocycles. The fourth-order valence-corrected chi connectivity index (χ4v) is 20.9. The smallest absolute Gasteiger partial charge is 0.407 e. The van der Waals surface area contributed by atoms with Crippen LogP contribution in [0.25, 0.3) is 0 Å². The number of carbonyl (C=O) groups excluding carboxylic acids is 2. The van der Waals surface area contributed by atoms with Gasteiger partial charge >= 0.3 is 12.2 Å². The molecule has 0 bridgehead atoms. The van der Waals surface area contributed by atoms with Gasteiger partial charge in [-0.1, -0.05) is 131 Å². The third-order valence-corrected chi connectivity index (χ3v) is 26.0. The predicted molar refractivity (Wildman–Crippen MR) is 341 cm³/mol. The van der Waals surface area contributed by atoms with E-state index in [9.17, 15) is 45.3 Å². The van der Waals surface area contributed by atoms with Gasteiger partial charge in [0.15, 0.2) is 12.6 Å². The zero-order chi connectivity index (χ0) is 64.3. The third kappa shape index (κ3) is 15.3. The second-order valence-electron chi connectivity index (χ2n) is 32.1. The van der Waals surface area contributed by atoms with Gasteiger partial charge in [0, 0.05) is 25.9 Å². The molecule has 2 aliphatic heterocycles. The molecule has 10 rings (SSSR count). The minimum Gasteiger partial charge on any atom is -0.446 e. The molecule has 510 valence electrons. The molecule has 2 saturated heterocycles. The van der Waals surface area contributed by atoms with Crippen molar-refractivity contribution in [1.29, 1.82) is 0 Å². The van der Waals surface area contributed by atoms with E-state index < -0.39 is 80.2 Å². The molecule has 0 spiro atoms. The van der Waals surface area contributed by atoms with E-state index in [1.165, 1.54) is 114 Å². The van der Waals surface area contributed by atoms with Crippen LogP contribution < -0.4 is 10.6 Å². The Balaban J connectivity index is 0.000000211. The topological polar surface area (TPSA) is 255 Å². The van der Waals surface area contributed by atoms with Crippen LogP contribution in [0.5, 0.6) is 0 Å². The molecule has 2 heterocycles. The van der Waals surface area contributed by atoms with E-state index in [4.69, 9.17) is 28.4 Å². The highest BCUT2D eigenvalue weighted by atomic mass is 16.7. The summed E-state index contributed by atoms with van der Waals surface area (Å²) in [6.45, 7) is 26.2. The highest BCUT2D eigenvalue weighted by Crippen LogP contribution is 2.69. The average molecular weight is 1260 g/mol. The van der Waals surface area contributed by atoms with Crippen LogP contribution in [-0.4, -0.2) is 154 Å². The van der Waals surface area contributed by atoms with Crippen LogP contribution in [0.1, 0.15) is 217 Å². The number of hydrogen-bond acceptors (Lipinski definition) is 15. The largest absolute Gasteiger partial charge is 0.446 e. The van der Waals surface area contributed by atoms with E-state index in [-0.39, 0.29) is 49.3 Å². The highest BCUT2D eigenvalue weighted by Gasteiger charge is 2.61. The van der Waals surface area contributed by atoms with Crippen molar-refractivity contribution in [2.45, 2.75) is 291 Å². The van der Waals surface area contributed by atoms with Crippen molar-refractivity contribution >= 4 is 12.2 Å². The maximum Gasteiger partial charge on any atom is 0.407 e. The molecule has 26 atom stereocenters. The molecule has 17 heteroatoms. The SMILES string of the molecule is CC(C)CCCC(C)C1CCC2C3CC=C4CC(OC(=O)NCCO[C@H]5OC(C)[C@@H](O)C(O)[C@H]5O)CC[C@]4(C)C3CC[C@]12C.CC(C)CCCC(C)C1CCC2C3CC=C4CC(OC(=O)NCCO[C@H]5OC(CO)[C@H](O)C(O)[C@@H]5O)CC[C@]4(C)C3CC[C@]12C. The summed E-state index contributed by atoms with van der Waals surface area (Å²) in [7, 11) is 0. The monoisotopic (exact) mass is 1250 g/mol. The second-order valence-corrected chi connectivity index (χ2v) is 32.1. The number of carbonyl (C=O) groups is 2. The molecule has 16 unspecified atom stereocenters. The molecule has 0 radical (unpaired) electrons. The number of fused-ring (bicyclic) bond motifs is 10. The lowest BCUT2D eigenvalue weighted by Crippen LogP contribution is -2.59. The summed E-state index contributed by atoms with van der Waals surface area (Å²) >= 11 is 0. The number of alkyl carbamates (subject to hydrolysis) is 2. The first-order valence-electron chi connectivity index (χ1n) is 35.7. The standard InChI is InChI=1S/C36H61NO8.C36H61NO7/c1-21(2)7-6-8-22(3)26-11-12-27-25-10-9-23-19-24(13-15-35(23,4)28(25)14-16-36(26,27)5)44-34(42)37-17-18-43-33-32(41)31(40)30(39)29(20-38)45-33;1-21(2)8-7-9-22(3)27-12-13-28-26-11-10-24-20-25(14-16-35(24,5)29(26)15-17-36(27,28)6)44-34(41)37-18-19-42-33-32(40)31(39)30(38)23(4)43-33/h9,21-22,24-33,38-41H,6-8,10-20H2,1-5H3,(H,37,42);10,21-23,25-33,38-40H,7-9,11-20H2,1-6H3,(H,37,41)/t22?,24?,25?,26?,27?,28?,29?,30-,31?,32-,33-,35-,36+;22?,23?,25?,26?,27?,28?,29?,30-,31?,32-,33+,35+,36-/m01/s1. The molecule has 89 heavy (non-hydrogen) atoms. The Morgan fingerprint density at radius 2 is 0.966 bits per heavy atom. The van der Waals surface area contributed by atoms with Crippen LogP contribution in [0.4, 0.5) is 9.59 Å². The van der Waals surface area contributed by atoms with Gasteiger partial charge in [0.05, 0.1) is 25.9 Å². The lowest BCUT2D eigenvalue weighted by atomic mass is 9.47. The molecule has 0 aromatic rings. The fraction of sp³-hybridized carbons (Fsp3) is 0.917. The first-order valence-corrected chi connectivity index (χ1v) is 35.7. The number of rotatable bonds is 21. The van der Waals surface area contributed by atoms with Crippen molar-refractivity contribution in [3.8, 4) is 0 Å². The molecule has 0 aromatic carbocycles. The third-order valence-electron chi connectivity index (χ3n) is 26.0. The first kappa shape index (κ1) is 70.9. The van der Waals surface area contributed by atoms with Gasteiger partial charge in [0.2, 0.25) is 0 Å². The minimum absolute atomic E-state index is 0.00637. The van der Waals surface area contributed by atoms with Crippen LogP contribution in [0.2, 0.25) is 0 Å². The van der Waals surface area contributed by atoms with Crippen molar-refractivity contribution < 1.29 is 73.8 Å². The molecule has 2 amide bonds. The van der Waals surface area contributed by atoms with E-state index in [1.807, 2.05) is 0 Å². The van der Waals surface area contributed by atoms with E-state index in [0.717, 1.165) is 110 Å². The number of hydrogen-bond donors (Lipinski definition) is 9. The highest BCUT2D eigenvalue weighted by molar-refractivity contribution is 5.67. The average Bonchev–Trinajstić information content (AvgIpc) is 1.74. The minimum atomic E-state index is -1.50. The Hall–Kier alpha value is -2.42. The van der Waals surface area contributed by atoms with Gasteiger partial charge in [0.25, 0.3) is 0 Å². The van der Waals surface area contributed by atoms with Crippen molar-refractivity contribution in [3.05, 3.63) is 23.3 Å². The van der Waals surface area contributed by atoms with Gasteiger partial charge in [-0.3, -0.25) is 0 Å². The molecule has 0 aromatic heterocycles. The molecule has 10 aliphatic rings. The van der Waals surface area contributed by atoms with Gasteiger partial charge in [-0.2, -0.15) is 0 Å².